The highest BCUT2D eigenvalue weighted by molar-refractivity contribution is 6.35. The fraction of sp³-hybridized carbons (Fsp3) is 0.350. The number of anilines is 1. The van der Waals surface area contributed by atoms with Gasteiger partial charge < -0.3 is 9.73 Å². The number of halogens is 1. The van der Waals surface area contributed by atoms with Crippen molar-refractivity contribution in [2.75, 3.05) is 5.32 Å². The molecule has 0 amide bonds. The molecule has 1 aliphatic rings. The van der Waals surface area contributed by atoms with Gasteiger partial charge in [-0.2, -0.15) is 0 Å². The molecule has 2 N–H and O–H groups in total. The number of para-hydroxylation sites is 1. The number of aromatic nitrogens is 1. The number of oxazole rings is 1. The number of hydrogen-bond donors (Lipinski definition) is 2. The Morgan fingerprint density at radius 2 is 2.04 bits per heavy atom. The summed E-state index contributed by atoms with van der Waals surface area (Å²) in [5.41, 5.74) is 6.42. The lowest BCUT2D eigenvalue weighted by molar-refractivity contribution is 0.454. The van der Waals surface area contributed by atoms with Gasteiger partial charge in [0.05, 0.1) is 10.5 Å². The molecular weight excluding hydrogens is 336 g/mol. The minimum Gasteiger partial charge on any atom is -0.407 e. The normalized spacial score (nSPS) is 18.8. The van der Waals surface area contributed by atoms with Crippen LogP contribution in [-0.2, 0) is 0 Å². The van der Waals surface area contributed by atoms with Crippen LogP contribution in [0.25, 0.3) is 22.2 Å². The third-order valence-electron chi connectivity index (χ3n) is 5.01. The lowest BCUT2D eigenvalue weighted by atomic mass is 9.79. The number of aromatic amines is 1. The topological polar surface area (TPSA) is 58.0 Å². The van der Waals surface area contributed by atoms with Crippen LogP contribution in [0.4, 0.5) is 5.69 Å². The first-order valence-electron chi connectivity index (χ1n) is 8.50. The zero-order valence-corrected chi connectivity index (χ0v) is 15.5. The van der Waals surface area contributed by atoms with Gasteiger partial charge in [-0.1, -0.05) is 30.7 Å². The molecule has 1 unspecified atom stereocenters. The van der Waals surface area contributed by atoms with Gasteiger partial charge in [-0.05, 0) is 56.4 Å². The summed E-state index contributed by atoms with van der Waals surface area (Å²) in [7, 11) is 0. The van der Waals surface area contributed by atoms with Crippen LogP contribution < -0.4 is 11.1 Å². The molecule has 0 saturated carbocycles. The van der Waals surface area contributed by atoms with Crippen molar-refractivity contribution in [2.45, 2.75) is 45.6 Å². The molecule has 0 bridgehead atoms. The van der Waals surface area contributed by atoms with Gasteiger partial charge in [-0.25, -0.2) is 4.79 Å². The van der Waals surface area contributed by atoms with Crippen LogP contribution in [0.15, 0.2) is 33.5 Å². The summed E-state index contributed by atoms with van der Waals surface area (Å²) in [5, 5.41) is 4.36. The number of benzene rings is 2. The van der Waals surface area contributed by atoms with E-state index in [9.17, 15) is 4.79 Å². The maximum absolute atomic E-state index is 11.6. The molecule has 2 aromatic carbocycles. The van der Waals surface area contributed by atoms with Gasteiger partial charge in [-0.3, -0.25) is 4.98 Å². The molecule has 1 aromatic heterocycles. The maximum atomic E-state index is 11.6. The van der Waals surface area contributed by atoms with E-state index in [0.29, 0.717) is 17.0 Å². The number of hydrogen-bond acceptors (Lipinski definition) is 3. The van der Waals surface area contributed by atoms with Crippen molar-refractivity contribution >= 4 is 28.4 Å². The molecule has 1 aliphatic heterocycles. The molecule has 0 spiro atoms. The van der Waals surface area contributed by atoms with E-state index in [0.717, 1.165) is 39.4 Å². The van der Waals surface area contributed by atoms with E-state index in [1.165, 1.54) is 0 Å². The van der Waals surface area contributed by atoms with Gasteiger partial charge in [0.1, 0.15) is 0 Å². The molecular formula is C20H21ClN2O2. The van der Waals surface area contributed by atoms with Gasteiger partial charge >= 0.3 is 5.76 Å². The van der Waals surface area contributed by atoms with E-state index >= 15 is 0 Å². The quantitative estimate of drug-likeness (QED) is 0.609. The van der Waals surface area contributed by atoms with Gasteiger partial charge in [-0.15, -0.1) is 0 Å². The van der Waals surface area contributed by atoms with Crippen molar-refractivity contribution < 1.29 is 4.42 Å². The minimum atomic E-state index is -0.454. The Kier molecular flexibility index (Phi) is 3.51. The molecule has 2 heterocycles. The molecule has 5 heteroatoms. The maximum Gasteiger partial charge on any atom is 0.417 e. The van der Waals surface area contributed by atoms with Crippen LogP contribution in [0.3, 0.4) is 0 Å². The summed E-state index contributed by atoms with van der Waals surface area (Å²) in [5.74, 6) is -0.111. The van der Waals surface area contributed by atoms with Crippen molar-refractivity contribution in [2.24, 2.45) is 0 Å². The van der Waals surface area contributed by atoms with E-state index in [1.54, 1.807) is 0 Å². The number of rotatable bonds is 1. The smallest absolute Gasteiger partial charge is 0.407 e. The van der Waals surface area contributed by atoms with Crippen LogP contribution in [0.5, 0.6) is 0 Å². The van der Waals surface area contributed by atoms with Crippen molar-refractivity contribution in [3.63, 3.8) is 0 Å². The molecule has 0 radical (unpaired) electrons. The van der Waals surface area contributed by atoms with Crippen molar-refractivity contribution in [1.29, 1.82) is 0 Å². The Labute approximate surface area is 151 Å². The zero-order chi connectivity index (χ0) is 17.9. The second-order valence-corrected chi connectivity index (χ2v) is 8.03. The Hall–Kier alpha value is -2.20. The standard InChI is InChI=1S/C20H21ClN2O2/c1-10-8-13(12-6-5-7-14-18(12)25-19(24)22-14)16(21)15-11(2)9-20(3,4)23-17(10)15/h5-8,11,23H,9H2,1-4H3,(H,22,24). The number of aryl methyl sites for hydroxylation is 1. The Morgan fingerprint density at radius 1 is 1.28 bits per heavy atom. The number of fused-ring (bicyclic) bond motifs is 2. The predicted octanol–water partition coefficient (Wildman–Crippen LogP) is 5.45. The van der Waals surface area contributed by atoms with Crippen LogP contribution in [0.1, 0.15) is 44.2 Å². The molecule has 0 fully saturated rings. The molecule has 0 aliphatic carbocycles. The molecule has 1 atom stereocenters. The summed E-state index contributed by atoms with van der Waals surface area (Å²) in [6.45, 7) is 8.73. The average molecular weight is 357 g/mol. The summed E-state index contributed by atoms with van der Waals surface area (Å²) < 4.78 is 5.37. The summed E-state index contributed by atoms with van der Waals surface area (Å²) in [6, 6.07) is 7.75. The molecule has 4 rings (SSSR count). The fourth-order valence-corrected chi connectivity index (χ4v) is 4.52. The van der Waals surface area contributed by atoms with Crippen LogP contribution >= 0.6 is 11.6 Å². The summed E-state index contributed by atoms with van der Waals surface area (Å²) >= 11 is 6.86. The lowest BCUT2D eigenvalue weighted by Crippen LogP contribution is -2.37. The van der Waals surface area contributed by atoms with Gasteiger partial charge in [0.2, 0.25) is 0 Å². The SMILES string of the molecule is Cc1cc(-c2cccc3[nH]c(=O)oc23)c(Cl)c2c1NC(C)(C)CC2C. The summed E-state index contributed by atoms with van der Waals surface area (Å²) in [4.78, 5) is 14.3. The Morgan fingerprint density at radius 3 is 2.80 bits per heavy atom. The molecule has 25 heavy (non-hydrogen) atoms. The van der Waals surface area contributed by atoms with E-state index in [1.807, 2.05) is 18.2 Å². The number of H-pyrrole nitrogens is 1. The third-order valence-corrected chi connectivity index (χ3v) is 5.41. The third kappa shape index (κ3) is 2.56. The van der Waals surface area contributed by atoms with E-state index in [2.05, 4.69) is 44.1 Å². The zero-order valence-electron chi connectivity index (χ0n) is 14.8. The number of nitrogens with one attached hydrogen (secondary N) is 2. The van der Waals surface area contributed by atoms with E-state index < -0.39 is 5.76 Å². The highest BCUT2D eigenvalue weighted by atomic mass is 35.5. The monoisotopic (exact) mass is 356 g/mol. The second kappa shape index (κ2) is 5.40. The second-order valence-electron chi connectivity index (χ2n) is 7.65. The Balaban J connectivity index is 2.00. The summed E-state index contributed by atoms with van der Waals surface area (Å²) in [6.07, 6.45) is 1.01. The van der Waals surface area contributed by atoms with Gasteiger partial charge in [0.25, 0.3) is 0 Å². The Bertz CT molecular complexity index is 1050. The lowest BCUT2D eigenvalue weighted by Gasteiger charge is -2.39. The largest absolute Gasteiger partial charge is 0.417 e. The predicted molar refractivity (Wildman–Crippen MR) is 103 cm³/mol. The van der Waals surface area contributed by atoms with Crippen LogP contribution in [0.2, 0.25) is 5.02 Å². The van der Waals surface area contributed by atoms with Crippen molar-refractivity contribution in [1.82, 2.24) is 4.98 Å². The van der Waals surface area contributed by atoms with Crippen LogP contribution in [-0.4, -0.2) is 10.5 Å². The molecule has 4 nitrogen and oxygen atoms in total. The van der Waals surface area contributed by atoms with Gasteiger partial charge in [0, 0.05) is 22.4 Å². The highest BCUT2D eigenvalue weighted by Crippen LogP contribution is 2.48. The molecule has 3 aromatic rings. The highest BCUT2D eigenvalue weighted by Gasteiger charge is 2.33. The minimum absolute atomic E-state index is 0.0372. The molecule has 0 saturated heterocycles. The molecule has 130 valence electrons. The van der Waals surface area contributed by atoms with Crippen molar-refractivity contribution in [3.05, 3.63) is 51.0 Å². The fourth-order valence-electron chi connectivity index (χ4n) is 4.09. The first-order valence-corrected chi connectivity index (χ1v) is 8.88. The van der Waals surface area contributed by atoms with E-state index in [-0.39, 0.29) is 5.54 Å². The van der Waals surface area contributed by atoms with Crippen LogP contribution in [0, 0.1) is 6.92 Å². The average Bonchev–Trinajstić information content (AvgIpc) is 2.89. The van der Waals surface area contributed by atoms with E-state index in [4.69, 9.17) is 16.0 Å². The van der Waals surface area contributed by atoms with Crippen molar-refractivity contribution in [3.8, 4) is 11.1 Å². The first-order chi connectivity index (χ1) is 11.8. The van der Waals surface area contributed by atoms with Gasteiger partial charge in [0.15, 0.2) is 5.58 Å². The first kappa shape index (κ1) is 16.3.